The number of halogens is 1. The number of aromatic nitrogens is 1. The molecule has 0 aromatic carbocycles. The Morgan fingerprint density at radius 1 is 1.64 bits per heavy atom. The summed E-state index contributed by atoms with van der Waals surface area (Å²) in [6.45, 7) is 1.51. The Balaban J connectivity index is 2.08. The summed E-state index contributed by atoms with van der Waals surface area (Å²) >= 11 is 5.74. The minimum atomic E-state index is 0.311. The van der Waals surface area contributed by atoms with Crippen LogP contribution in [0.1, 0.15) is 6.42 Å². The molecule has 1 atom stereocenters. The molecule has 0 radical (unpaired) electrons. The number of ether oxygens (including phenoxy) is 1. The van der Waals surface area contributed by atoms with Gasteiger partial charge in [0.2, 0.25) is 0 Å². The predicted molar refractivity (Wildman–Crippen MR) is 56.5 cm³/mol. The molecule has 1 aromatic heterocycles. The van der Waals surface area contributed by atoms with Crippen LogP contribution in [0.4, 0.5) is 11.5 Å². The lowest BCUT2D eigenvalue weighted by Gasteiger charge is -2.12. The van der Waals surface area contributed by atoms with Gasteiger partial charge in [-0.3, -0.25) is 0 Å². The van der Waals surface area contributed by atoms with E-state index >= 15 is 0 Å². The topological polar surface area (TPSA) is 60.2 Å². The number of nitrogen functional groups attached to an aromatic ring is 1. The van der Waals surface area contributed by atoms with Crippen molar-refractivity contribution in [2.75, 3.05) is 24.3 Å². The third-order valence-corrected chi connectivity index (χ3v) is 2.36. The van der Waals surface area contributed by atoms with Gasteiger partial charge in [-0.2, -0.15) is 0 Å². The minimum absolute atomic E-state index is 0.311. The summed E-state index contributed by atoms with van der Waals surface area (Å²) in [5.41, 5.74) is 6.32. The van der Waals surface area contributed by atoms with Crippen LogP contribution < -0.4 is 11.1 Å². The molecule has 3 N–H and O–H groups in total. The van der Waals surface area contributed by atoms with Gasteiger partial charge in [-0.15, -0.1) is 0 Å². The predicted octanol–water partition coefficient (Wildman–Crippen LogP) is 1.52. The first-order valence-corrected chi connectivity index (χ1v) is 4.89. The second kappa shape index (κ2) is 4.02. The number of anilines is 2. The van der Waals surface area contributed by atoms with E-state index in [9.17, 15) is 0 Å². The van der Waals surface area contributed by atoms with Crippen molar-refractivity contribution < 1.29 is 4.74 Å². The molecule has 14 heavy (non-hydrogen) atoms. The third-order valence-electron chi connectivity index (χ3n) is 2.15. The molecule has 1 fully saturated rings. The molecule has 0 bridgehead atoms. The highest BCUT2D eigenvalue weighted by molar-refractivity contribution is 6.30. The average molecular weight is 214 g/mol. The lowest BCUT2D eigenvalue weighted by molar-refractivity contribution is 0.195. The van der Waals surface area contributed by atoms with Crippen LogP contribution in [0, 0.1) is 0 Å². The summed E-state index contributed by atoms with van der Waals surface area (Å²) in [6, 6.07) is 2.00. The number of nitrogens with two attached hydrogens (primary N) is 1. The maximum atomic E-state index is 5.75. The van der Waals surface area contributed by atoms with Gasteiger partial charge in [0.15, 0.2) is 0 Å². The van der Waals surface area contributed by atoms with E-state index in [1.165, 1.54) is 0 Å². The molecule has 1 unspecified atom stereocenters. The first-order chi connectivity index (χ1) is 6.75. The number of hydrogen-bond acceptors (Lipinski definition) is 4. The Kier molecular flexibility index (Phi) is 2.74. The number of pyridine rings is 1. The smallest absolute Gasteiger partial charge is 0.149 e. The van der Waals surface area contributed by atoms with E-state index < -0.39 is 0 Å². The Labute approximate surface area is 87.4 Å². The summed E-state index contributed by atoms with van der Waals surface area (Å²) < 4.78 is 5.24. The number of rotatable bonds is 2. The van der Waals surface area contributed by atoms with Crippen LogP contribution in [-0.4, -0.2) is 24.2 Å². The fourth-order valence-electron chi connectivity index (χ4n) is 1.42. The van der Waals surface area contributed by atoms with E-state index in [0.29, 0.717) is 29.2 Å². The Hall–Kier alpha value is -1.00. The van der Waals surface area contributed by atoms with E-state index in [2.05, 4.69) is 10.3 Å². The van der Waals surface area contributed by atoms with Gasteiger partial charge in [0.1, 0.15) is 5.82 Å². The van der Waals surface area contributed by atoms with Crippen molar-refractivity contribution >= 4 is 23.1 Å². The van der Waals surface area contributed by atoms with Crippen LogP contribution >= 0.6 is 11.6 Å². The van der Waals surface area contributed by atoms with Crippen molar-refractivity contribution in [1.82, 2.24) is 4.98 Å². The molecule has 2 rings (SSSR count). The standard InChI is InChI=1S/C9H12ClN3O/c10-6-3-8(11)9(12-4-6)13-7-1-2-14-5-7/h3-4,7H,1-2,5,11H2,(H,12,13). The Morgan fingerprint density at radius 3 is 3.14 bits per heavy atom. The summed E-state index contributed by atoms with van der Waals surface area (Å²) in [6.07, 6.45) is 2.57. The molecule has 0 saturated carbocycles. The molecule has 1 aliphatic heterocycles. The van der Waals surface area contributed by atoms with Gasteiger partial charge in [-0.05, 0) is 12.5 Å². The number of hydrogen-bond donors (Lipinski definition) is 2. The highest BCUT2D eigenvalue weighted by Crippen LogP contribution is 2.21. The monoisotopic (exact) mass is 213 g/mol. The molecule has 5 heteroatoms. The second-order valence-corrected chi connectivity index (χ2v) is 3.73. The molecular weight excluding hydrogens is 202 g/mol. The first kappa shape index (κ1) is 9.55. The number of nitrogens with one attached hydrogen (secondary N) is 1. The highest BCUT2D eigenvalue weighted by atomic mass is 35.5. The van der Waals surface area contributed by atoms with Crippen molar-refractivity contribution in [1.29, 1.82) is 0 Å². The van der Waals surface area contributed by atoms with E-state index in [-0.39, 0.29) is 0 Å². The van der Waals surface area contributed by atoms with Crippen LogP contribution in [0.25, 0.3) is 0 Å². The molecular formula is C9H12ClN3O. The number of nitrogens with zero attached hydrogens (tertiary/aromatic N) is 1. The highest BCUT2D eigenvalue weighted by Gasteiger charge is 2.16. The van der Waals surface area contributed by atoms with Gasteiger partial charge in [0.05, 0.1) is 23.4 Å². The van der Waals surface area contributed by atoms with E-state index in [1.54, 1.807) is 12.3 Å². The second-order valence-electron chi connectivity index (χ2n) is 3.30. The van der Waals surface area contributed by atoms with Crippen molar-refractivity contribution in [3.63, 3.8) is 0 Å². The summed E-state index contributed by atoms with van der Waals surface area (Å²) in [4.78, 5) is 4.12. The Morgan fingerprint density at radius 2 is 2.50 bits per heavy atom. The van der Waals surface area contributed by atoms with Crippen molar-refractivity contribution in [2.45, 2.75) is 12.5 Å². The van der Waals surface area contributed by atoms with Gasteiger partial charge < -0.3 is 15.8 Å². The van der Waals surface area contributed by atoms with E-state index in [4.69, 9.17) is 22.1 Å². The first-order valence-electron chi connectivity index (χ1n) is 4.51. The van der Waals surface area contributed by atoms with Crippen LogP contribution in [0.3, 0.4) is 0 Å². The minimum Gasteiger partial charge on any atom is -0.396 e. The lowest BCUT2D eigenvalue weighted by Crippen LogP contribution is -2.20. The average Bonchev–Trinajstić information content (AvgIpc) is 2.62. The lowest BCUT2D eigenvalue weighted by atomic mass is 10.2. The fraction of sp³-hybridized carbons (Fsp3) is 0.444. The normalized spacial score (nSPS) is 21.1. The quantitative estimate of drug-likeness (QED) is 0.782. The van der Waals surface area contributed by atoms with Crippen molar-refractivity contribution in [3.8, 4) is 0 Å². The van der Waals surface area contributed by atoms with Crippen LogP contribution in [-0.2, 0) is 4.74 Å². The van der Waals surface area contributed by atoms with Crippen molar-refractivity contribution in [3.05, 3.63) is 17.3 Å². The molecule has 1 aromatic rings. The largest absolute Gasteiger partial charge is 0.396 e. The van der Waals surface area contributed by atoms with Crippen LogP contribution in [0.2, 0.25) is 5.02 Å². The van der Waals surface area contributed by atoms with Gasteiger partial charge in [0, 0.05) is 12.8 Å². The van der Waals surface area contributed by atoms with Crippen LogP contribution in [0.5, 0.6) is 0 Å². The van der Waals surface area contributed by atoms with Gasteiger partial charge >= 0.3 is 0 Å². The third kappa shape index (κ3) is 2.08. The zero-order valence-electron chi connectivity index (χ0n) is 7.66. The SMILES string of the molecule is Nc1cc(Cl)cnc1NC1CCOC1. The molecule has 1 saturated heterocycles. The van der Waals surface area contributed by atoms with Gasteiger partial charge in [-0.1, -0.05) is 11.6 Å². The molecule has 1 aliphatic rings. The van der Waals surface area contributed by atoms with Gasteiger partial charge in [-0.25, -0.2) is 4.98 Å². The van der Waals surface area contributed by atoms with Gasteiger partial charge in [0.25, 0.3) is 0 Å². The summed E-state index contributed by atoms with van der Waals surface area (Å²) in [5, 5.41) is 3.77. The van der Waals surface area contributed by atoms with Crippen molar-refractivity contribution in [2.24, 2.45) is 0 Å². The summed E-state index contributed by atoms with van der Waals surface area (Å²) in [5.74, 6) is 0.685. The van der Waals surface area contributed by atoms with E-state index in [1.807, 2.05) is 0 Å². The molecule has 4 nitrogen and oxygen atoms in total. The van der Waals surface area contributed by atoms with Crippen LogP contribution in [0.15, 0.2) is 12.3 Å². The Bertz CT molecular complexity index is 326. The maximum Gasteiger partial charge on any atom is 0.149 e. The molecule has 0 amide bonds. The fourth-order valence-corrected chi connectivity index (χ4v) is 1.58. The zero-order chi connectivity index (χ0) is 9.97. The summed E-state index contributed by atoms with van der Waals surface area (Å²) in [7, 11) is 0. The van der Waals surface area contributed by atoms with E-state index in [0.717, 1.165) is 13.0 Å². The molecule has 76 valence electrons. The molecule has 0 aliphatic carbocycles. The maximum absolute atomic E-state index is 5.75. The molecule has 0 spiro atoms. The molecule has 2 heterocycles. The zero-order valence-corrected chi connectivity index (χ0v) is 8.42.